The summed E-state index contributed by atoms with van der Waals surface area (Å²) in [5.74, 6) is 0.0463. The highest BCUT2D eigenvalue weighted by Gasteiger charge is 2.13. The van der Waals surface area contributed by atoms with Crippen LogP contribution in [0.15, 0.2) is 12.3 Å². The van der Waals surface area contributed by atoms with Crippen LogP contribution >= 0.6 is 0 Å². The van der Waals surface area contributed by atoms with Crippen LogP contribution in [0, 0.1) is 0 Å². The third-order valence-corrected chi connectivity index (χ3v) is 2.40. The van der Waals surface area contributed by atoms with E-state index in [1.54, 1.807) is 6.07 Å². The van der Waals surface area contributed by atoms with E-state index in [2.05, 4.69) is 9.88 Å². The number of pyridine rings is 1. The van der Waals surface area contributed by atoms with E-state index >= 15 is 0 Å². The van der Waals surface area contributed by atoms with Crippen molar-refractivity contribution in [3.05, 3.63) is 17.8 Å². The lowest BCUT2D eigenvalue weighted by molar-refractivity contribution is 0.100. The molecule has 4 N–H and O–H groups in total. The molecule has 0 saturated carbocycles. The first kappa shape index (κ1) is 13.2. The summed E-state index contributed by atoms with van der Waals surface area (Å²) in [6.07, 6.45) is 1.52. The van der Waals surface area contributed by atoms with E-state index in [-0.39, 0.29) is 0 Å². The average molecular weight is 237 g/mol. The fourth-order valence-corrected chi connectivity index (χ4v) is 1.42. The van der Waals surface area contributed by atoms with Gasteiger partial charge in [0, 0.05) is 20.1 Å². The summed E-state index contributed by atoms with van der Waals surface area (Å²) >= 11 is 0. The smallest absolute Gasteiger partial charge is 0.252 e. The zero-order valence-electron chi connectivity index (χ0n) is 10.5. The number of rotatable bonds is 5. The monoisotopic (exact) mass is 237 g/mol. The molecular formula is C11H19N5O. The Kier molecular flexibility index (Phi) is 4.28. The molecule has 0 bridgehead atoms. The molecule has 6 heteroatoms. The van der Waals surface area contributed by atoms with E-state index in [9.17, 15) is 4.79 Å². The Morgan fingerprint density at radius 2 is 2.00 bits per heavy atom. The molecule has 0 radical (unpaired) electrons. The minimum Gasteiger partial charge on any atom is -0.397 e. The molecule has 0 atom stereocenters. The van der Waals surface area contributed by atoms with Gasteiger partial charge in [-0.15, -0.1) is 0 Å². The highest BCUT2D eigenvalue weighted by molar-refractivity contribution is 5.98. The first-order valence-corrected chi connectivity index (χ1v) is 5.33. The third kappa shape index (κ3) is 3.60. The van der Waals surface area contributed by atoms with Crippen molar-refractivity contribution < 1.29 is 4.79 Å². The van der Waals surface area contributed by atoms with E-state index in [4.69, 9.17) is 11.5 Å². The summed E-state index contributed by atoms with van der Waals surface area (Å²) in [6, 6.07) is 1.55. The van der Waals surface area contributed by atoms with Gasteiger partial charge in [-0.2, -0.15) is 0 Å². The van der Waals surface area contributed by atoms with Gasteiger partial charge in [0.2, 0.25) is 0 Å². The number of hydrogen-bond donors (Lipinski definition) is 2. The number of aromatic nitrogens is 1. The second kappa shape index (κ2) is 5.49. The van der Waals surface area contributed by atoms with Crippen LogP contribution in [-0.2, 0) is 0 Å². The molecule has 1 rings (SSSR count). The molecule has 17 heavy (non-hydrogen) atoms. The number of amides is 1. The van der Waals surface area contributed by atoms with Gasteiger partial charge in [0.1, 0.15) is 5.82 Å². The van der Waals surface area contributed by atoms with Gasteiger partial charge in [0.25, 0.3) is 5.91 Å². The number of nitrogens with zero attached hydrogens (tertiary/aromatic N) is 3. The van der Waals surface area contributed by atoms with Gasteiger partial charge in [-0.3, -0.25) is 4.79 Å². The van der Waals surface area contributed by atoms with Crippen LogP contribution in [0.25, 0.3) is 0 Å². The van der Waals surface area contributed by atoms with Crippen molar-refractivity contribution in [3.8, 4) is 0 Å². The highest BCUT2D eigenvalue weighted by Crippen LogP contribution is 2.18. The van der Waals surface area contributed by atoms with Crippen molar-refractivity contribution in [3.63, 3.8) is 0 Å². The molecule has 6 nitrogen and oxygen atoms in total. The molecule has 1 aromatic heterocycles. The highest BCUT2D eigenvalue weighted by atomic mass is 16.1. The molecule has 0 unspecified atom stereocenters. The molecule has 0 saturated heterocycles. The lowest BCUT2D eigenvalue weighted by Gasteiger charge is -2.22. The van der Waals surface area contributed by atoms with E-state index in [0.717, 1.165) is 13.1 Å². The van der Waals surface area contributed by atoms with E-state index in [0.29, 0.717) is 17.1 Å². The fourth-order valence-electron chi connectivity index (χ4n) is 1.42. The predicted molar refractivity (Wildman–Crippen MR) is 69.0 cm³/mol. The lowest BCUT2D eigenvalue weighted by atomic mass is 10.2. The van der Waals surface area contributed by atoms with Gasteiger partial charge in [0.05, 0.1) is 17.4 Å². The first-order chi connectivity index (χ1) is 7.91. The molecule has 1 amide bonds. The van der Waals surface area contributed by atoms with Gasteiger partial charge in [0.15, 0.2) is 0 Å². The number of primary amides is 1. The van der Waals surface area contributed by atoms with E-state index < -0.39 is 5.91 Å². The zero-order chi connectivity index (χ0) is 13.0. The van der Waals surface area contributed by atoms with Gasteiger partial charge in [-0.1, -0.05) is 0 Å². The number of hydrogen-bond acceptors (Lipinski definition) is 5. The summed E-state index contributed by atoms with van der Waals surface area (Å²) in [4.78, 5) is 19.4. The largest absolute Gasteiger partial charge is 0.397 e. The van der Waals surface area contributed by atoms with E-state index in [1.165, 1.54) is 6.20 Å². The van der Waals surface area contributed by atoms with Gasteiger partial charge < -0.3 is 21.3 Å². The minimum absolute atomic E-state index is 0.353. The maximum Gasteiger partial charge on any atom is 0.252 e. The molecule has 1 heterocycles. The summed E-state index contributed by atoms with van der Waals surface area (Å²) in [5, 5.41) is 0. The molecular weight excluding hydrogens is 218 g/mol. The molecule has 0 aliphatic rings. The Balaban J connectivity index is 2.92. The van der Waals surface area contributed by atoms with Crippen molar-refractivity contribution in [2.45, 2.75) is 0 Å². The van der Waals surface area contributed by atoms with Crippen LogP contribution in [0.3, 0.4) is 0 Å². The van der Waals surface area contributed by atoms with Crippen LogP contribution < -0.4 is 16.4 Å². The second-order valence-electron chi connectivity index (χ2n) is 4.23. The third-order valence-electron chi connectivity index (χ3n) is 2.40. The first-order valence-electron chi connectivity index (χ1n) is 5.33. The molecule has 0 aromatic carbocycles. The molecule has 0 aliphatic heterocycles. The molecule has 1 aromatic rings. The van der Waals surface area contributed by atoms with Crippen molar-refractivity contribution >= 4 is 17.4 Å². The predicted octanol–water partition coefficient (Wildman–Crippen LogP) is -0.239. The van der Waals surface area contributed by atoms with Crippen LogP contribution in [0.4, 0.5) is 11.5 Å². The molecule has 0 spiro atoms. The number of anilines is 2. The van der Waals surface area contributed by atoms with Crippen molar-refractivity contribution in [1.29, 1.82) is 0 Å². The van der Waals surface area contributed by atoms with Gasteiger partial charge in [-0.05, 0) is 20.2 Å². The second-order valence-corrected chi connectivity index (χ2v) is 4.23. The van der Waals surface area contributed by atoms with Crippen molar-refractivity contribution in [2.75, 3.05) is 44.9 Å². The van der Waals surface area contributed by atoms with Gasteiger partial charge in [-0.25, -0.2) is 4.98 Å². The standard InChI is InChI=1S/C11H19N5O/c1-15(2)4-5-16(3)11-9(10(13)17)6-8(12)7-14-11/h6-7H,4-5,12H2,1-3H3,(H2,13,17). The topological polar surface area (TPSA) is 88.5 Å². The molecule has 94 valence electrons. The Bertz CT molecular complexity index is 405. The Morgan fingerprint density at radius 1 is 1.35 bits per heavy atom. The number of carbonyl (C=O) groups is 1. The van der Waals surface area contributed by atoms with E-state index in [1.807, 2.05) is 26.0 Å². The summed E-state index contributed by atoms with van der Waals surface area (Å²) in [6.45, 7) is 1.62. The Labute approximate surface area is 101 Å². The maximum absolute atomic E-state index is 11.3. The SMILES string of the molecule is CN(C)CCN(C)c1ncc(N)cc1C(N)=O. The maximum atomic E-state index is 11.3. The Hall–Kier alpha value is -1.82. The van der Waals surface area contributed by atoms with Gasteiger partial charge >= 0.3 is 0 Å². The lowest BCUT2D eigenvalue weighted by Crippen LogP contribution is -2.31. The number of likely N-dealkylation sites (N-methyl/N-ethyl adjacent to an activating group) is 2. The summed E-state index contributed by atoms with van der Waals surface area (Å²) in [7, 11) is 5.84. The normalized spacial score (nSPS) is 10.6. The Morgan fingerprint density at radius 3 is 2.53 bits per heavy atom. The number of carbonyl (C=O) groups excluding carboxylic acids is 1. The number of nitrogen functional groups attached to an aromatic ring is 1. The molecule has 0 aliphatic carbocycles. The fraction of sp³-hybridized carbons (Fsp3) is 0.455. The van der Waals surface area contributed by atoms with Crippen LogP contribution in [0.2, 0.25) is 0 Å². The van der Waals surface area contributed by atoms with Crippen molar-refractivity contribution in [2.24, 2.45) is 5.73 Å². The summed E-state index contributed by atoms with van der Waals surface area (Å²) < 4.78 is 0. The summed E-state index contributed by atoms with van der Waals surface area (Å²) in [5.41, 5.74) is 11.7. The van der Waals surface area contributed by atoms with Crippen LogP contribution in [0.1, 0.15) is 10.4 Å². The van der Waals surface area contributed by atoms with Crippen molar-refractivity contribution in [1.82, 2.24) is 9.88 Å². The van der Waals surface area contributed by atoms with Crippen LogP contribution in [-0.4, -0.2) is 50.0 Å². The zero-order valence-corrected chi connectivity index (χ0v) is 10.5. The quantitative estimate of drug-likeness (QED) is 0.738. The average Bonchev–Trinajstić information content (AvgIpc) is 2.25. The van der Waals surface area contributed by atoms with Crippen LogP contribution in [0.5, 0.6) is 0 Å². The number of nitrogens with two attached hydrogens (primary N) is 2. The molecule has 0 fully saturated rings. The minimum atomic E-state index is -0.517.